The fourth-order valence-electron chi connectivity index (χ4n) is 4.69. The Labute approximate surface area is 196 Å². The van der Waals surface area contributed by atoms with Crippen LogP contribution in [0.25, 0.3) is 28.5 Å². The van der Waals surface area contributed by atoms with Gasteiger partial charge in [-0.1, -0.05) is 30.6 Å². The molecule has 2 aliphatic rings. The monoisotopic (exact) mass is 464 g/mol. The molecule has 0 bridgehead atoms. The molecule has 0 saturated carbocycles. The molecule has 170 valence electrons. The molecule has 8 nitrogen and oxygen atoms in total. The van der Waals surface area contributed by atoms with Gasteiger partial charge in [0.05, 0.1) is 17.1 Å². The van der Waals surface area contributed by atoms with Crippen LogP contribution in [-0.2, 0) is 17.7 Å². The number of hydrogen-bond acceptors (Lipinski definition) is 6. The molecule has 5 heterocycles. The highest BCUT2D eigenvalue weighted by molar-refractivity contribution is 6.31. The summed E-state index contributed by atoms with van der Waals surface area (Å²) in [5, 5.41) is 9.83. The average Bonchev–Trinajstić information content (AvgIpc) is 3.52. The molecule has 0 spiro atoms. The Bertz CT molecular complexity index is 1310. The molecule has 9 heteroatoms. The SMILES string of the molecule is CC(C)c1noc(-c2ncn3c2Cc2cn(CC4CCOCC4)nc2-c2cc(Cl)ccc2-3)n1. The van der Waals surface area contributed by atoms with E-state index in [1.54, 1.807) is 0 Å². The van der Waals surface area contributed by atoms with E-state index in [0.717, 1.165) is 60.8 Å². The average molecular weight is 465 g/mol. The highest BCUT2D eigenvalue weighted by Crippen LogP contribution is 2.38. The van der Waals surface area contributed by atoms with Crippen molar-refractivity contribution in [2.24, 2.45) is 5.92 Å². The maximum Gasteiger partial charge on any atom is 0.278 e. The van der Waals surface area contributed by atoms with Crippen LogP contribution in [0.2, 0.25) is 5.02 Å². The van der Waals surface area contributed by atoms with Crippen molar-refractivity contribution in [3.8, 4) is 28.5 Å². The number of nitrogens with zero attached hydrogens (tertiary/aromatic N) is 6. The van der Waals surface area contributed by atoms with Crippen molar-refractivity contribution in [2.75, 3.05) is 13.2 Å². The molecule has 3 aromatic heterocycles. The topological polar surface area (TPSA) is 83.8 Å². The van der Waals surface area contributed by atoms with Gasteiger partial charge in [-0.2, -0.15) is 10.1 Å². The molecule has 2 aliphatic heterocycles. The smallest absolute Gasteiger partial charge is 0.278 e. The third-order valence-electron chi connectivity index (χ3n) is 6.48. The Morgan fingerprint density at radius 2 is 2.03 bits per heavy atom. The highest BCUT2D eigenvalue weighted by atomic mass is 35.5. The van der Waals surface area contributed by atoms with Crippen molar-refractivity contribution >= 4 is 11.6 Å². The number of fused-ring (bicyclic) bond motifs is 5. The lowest BCUT2D eigenvalue weighted by Gasteiger charge is -2.21. The molecule has 33 heavy (non-hydrogen) atoms. The van der Waals surface area contributed by atoms with Crippen molar-refractivity contribution in [1.29, 1.82) is 0 Å². The first-order valence-corrected chi connectivity index (χ1v) is 11.8. The first-order valence-electron chi connectivity index (χ1n) is 11.4. The van der Waals surface area contributed by atoms with Crippen LogP contribution in [0.4, 0.5) is 0 Å². The summed E-state index contributed by atoms with van der Waals surface area (Å²) in [6.07, 6.45) is 6.77. The molecule has 0 unspecified atom stereocenters. The van der Waals surface area contributed by atoms with E-state index < -0.39 is 0 Å². The molecule has 0 atom stereocenters. The summed E-state index contributed by atoms with van der Waals surface area (Å²) in [7, 11) is 0. The number of benzene rings is 1. The Balaban J connectivity index is 1.45. The molecular formula is C24H25ClN6O2. The van der Waals surface area contributed by atoms with E-state index in [9.17, 15) is 0 Å². The van der Waals surface area contributed by atoms with Crippen LogP contribution < -0.4 is 0 Å². The van der Waals surface area contributed by atoms with E-state index >= 15 is 0 Å². The molecule has 4 aromatic rings. The third kappa shape index (κ3) is 3.67. The van der Waals surface area contributed by atoms with Gasteiger partial charge in [0.1, 0.15) is 6.33 Å². The van der Waals surface area contributed by atoms with E-state index in [1.807, 2.05) is 38.4 Å². The first kappa shape index (κ1) is 20.6. The minimum Gasteiger partial charge on any atom is -0.381 e. The van der Waals surface area contributed by atoms with Crippen LogP contribution in [0.3, 0.4) is 0 Å². The summed E-state index contributed by atoms with van der Waals surface area (Å²) in [6, 6.07) is 5.91. The summed E-state index contributed by atoms with van der Waals surface area (Å²) in [5.74, 6) is 1.88. The lowest BCUT2D eigenvalue weighted by molar-refractivity contribution is 0.0602. The quantitative estimate of drug-likeness (QED) is 0.376. The molecule has 0 amide bonds. The first-order chi connectivity index (χ1) is 16.1. The van der Waals surface area contributed by atoms with Crippen molar-refractivity contribution in [3.63, 3.8) is 0 Å². The predicted molar refractivity (Wildman–Crippen MR) is 124 cm³/mol. The fourth-order valence-corrected chi connectivity index (χ4v) is 4.86. The van der Waals surface area contributed by atoms with Gasteiger partial charge in [-0.3, -0.25) is 4.68 Å². The number of imidazole rings is 1. The Kier molecular flexibility index (Phi) is 5.07. The maximum absolute atomic E-state index is 6.41. The number of hydrogen-bond donors (Lipinski definition) is 0. The van der Waals surface area contributed by atoms with Crippen LogP contribution in [0.5, 0.6) is 0 Å². The maximum atomic E-state index is 6.41. The Morgan fingerprint density at radius 1 is 1.18 bits per heavy atom. The summed E-state index contributed by atoms with van der Waals surface area (Å²) in [6.45, 7) is 6.63. The van der Waals surface area contributed by atoms with E-state index in [0.29, 0.717) is 34.8 Å². The van der Waals surface area contributed by atoms with Gasteiger partial charge in [-0.05, 0) is 37.0 Å². The highest BCUT2D eigenvalue weighted by Gasteiger charge is 2.28. The summed E-state index contributed by atoms with van der Waals surface area (Å²) >= 11 is 6.41. The van der Waals surface area contributed by atoms with E-state index in [1.165, 1.54) is 0 Å². The lowest BCUT2D eigenvalue weighted by Crippen LogP contribution is -2.20. The van der Waals surface area contributed by atoms with Gasteiger partial charge in [-0.25, -0.2) is 4.98 Å². The number of aromatic nitrogens is 6. The summed E-state index contributed by atoms with van der Waals surface area (Å²) in [5.41, 5.74) is 5.80. The van der Waals surface area contributed by atoms with Gasteiger partial charge < -0.3 is 13.8 Å². The third-order valence-corrected chi connectivity index (χ3v) is 6.72. The second-order valence-corrected chi connectivity index (χ2v) is 9.58. The van der Waals surface area contributed by atoms with Gasteiger partial charge >= 0.3 is 0 Å². The van der Waals surface area contributed by atoms with Crippen LogP contribution in [0.1, 0.15) is 49.7 Å². The molecular weight excluding hydrogens is 440 g/mol. The zero-order chi connectivity index (χ0) is 22.5. The molecule has 0 aliphatic carbocycles. The van der Waals surface area contributed by atoms with Crippen molar-refractivity contribution in [2.45, 2.75) is 45.6 Å². The zero-order valence-electron chi connectivity index (χ0n) is 18.7. The second-order valence-electron chi connectivity index (χ2n) is 9.14. The standard InChI is InChI=1S/C24H25ClN6O2/c1-14(2)23-27-24(33-29-23)22-20-9-16-12-30(11-15-5-7-32-8-6-15)28-21(16)18-10-17(25)3-4-19(18)31(20)13-26-22/h3-4,10,12-15H,5-9,11H2,1-2H3. The summed E-state index contributed by atoms with van der Waals surface area (Å²) < 4.78 is 15.3. The number of ether oxygens (including phenoxy) is 1. The van der Waals surface area contributed by atoms with E-state index in [2.05, 4.69) is 30.6 Å². The summed E-state index contributed by atoms with van der Waals surface area (Å²) in [4.78, 5) is 9.26. The molecule has 1 saturated heterocycles. The molecule has 1 aromatic carbocycles. The van der Waals surface area contributed by atoms with Gasteiger partial charge in [0, 0.05) is 54.4 Å². The Morgan fingerprint density at radius 3 is 2.82 bits per heavy atom. The zero-order valence-corrected chi connectivity index (χ0v) is 19.4. The number of rotatable bonds is 4. The van der Waals surface area contributed by atoms with Crippen molar-refractivity contribution < 1.29 is 9.26 Å². The largest absolute Gasteiger partial charge is 0.381 e. The van der Waals surface area contributed by atoms with Gasteiger partial charge in [-0.15, -0.1) is 0 Å². The van der Waals surface area contributed by atoms with Crippen LogP contribution in [0, 0.1) is 5.92 Å². The molecule has 0 radical (unpaired) electrons. The Hall–Kier alpha value is -2.97. The molecule has 0 N–H and O–H groups in total. The van der Waals surface area contributed by atoms with Crippen LogP contribution >= 0.6 is 11.6 Å². The molecule has 6 rings (SSSR count). The molecule has 1 fully saturated rings. The van der Waals surface area contributed by atoms with E-state index in [4.69, 9.17) is 26.0 Å². The second kappa shape index (κ2) is 8.11. The van der Waals surface area contributed by atoms with Crippen LogP contribution in [0.15, 0.2) is 35.2 Å². The van der Waals surface area contributed by atoms with Crippen molar-refractivity contribution in [3.05, 3.63) is 52.8 Å². The van der Waals surface area contributed by atoms with Crippen molar-refractivity contribution in [1.82, 2.24) is 29.5 Å². The van der Waals surface area contributed by atoms with Gasteiger partial charge in [0.2, 0.25) is 0 Å². The van der Waals surface area contributed by atoms with E-state index in [-0.39, 0.29) is 5.92 Å². The minimum atomic E-state index is 0.182. The normalized spacial score (nSPS) is 15.9. The number of halogens is 1. The fraction of sp³-hybridized carbons (Fsp3) is 0.417. The van der Waals surface area contributed by atoms with Crippen LogP contribution in [-0.4, -0.2) is 42.7 Å². The lowest BCUT2D eigenvalue weighted by atomic mass is 10.0. The predicted octanol–water partition coefficient (Wildman–Crippen LogP) is 4.89. The van der Waals surface area contributed by atoms with Gasteiger partial charge in [0.15, 0.2) is 11.5 Å². The van der Waals surface area contributed by atoms with Gasteiger partial charge in [0.25, 0.3) is 5.89 Å². The minimum absolute atomic E-state index is 0.182.